The number of carboxylic acid groups (broad SMARTS) is 1. The zero-order valence-corrected chi connectivity index (χ0v) is 12.5. The zero-order valence-electron chi connectivity index (χ0n) is 12.5. The van der Waals surface area contributed by atoms with Gasteiger partial charge in [0.2, 0.25) is 11.8 Å². The summed E-state index contributed by atoms with van der Waals surface area (Å²) in [6.07, 6.45) is 6.86. The van der Waals surface area contributed by atoms with Crippen molar-refractivity contribution in [1.82, 2.24) is 15.5 Å². The summed E-state index contributed by atoms with van der Waals surface area (Å²) < 4.78 is 5.18. The number of aliphatic carboxylic acids is 1. The van der Waals surface area contributed by atoms with Gasteiger partial charge in [0.1, 0.15) is 6.04 Å². The van der Waals surface area contributed by atoms with E-state index < -0.39 is 12.0 Å². The topological polar surface area (TPSA) is 105 Å². The van der Waals surface area contributed by atoms with Gasteiger partial charge < -0.3 is 14.9 Å². The van der Waals surface area contributed by atoms with E-state index in [1.807, 2.05) is 0 Å². The normalized spacial score (nSPS) is 20.0. The van der Waals surface area contributed by atoms with Gasteiger partial charge in [-0.3, -0.25) is 4.79 Å². The average Bonchev–Trinajstić information content (AvgIpc) is 3.01. The molecule has 2 aliphatic rings. The number of nitrogens with zero attached hydrogens (tertiary/aromatic N) is 2. The summed E-state index contributed by atoms with van der Waals surface area (Å²) in [5, 5.41) is 15.7. The summed E-state index contributed by atoms with van der Waals surface area (Å²) in [5.41, 5.74) is 0. The van der Waals surface area contributed by atoms with Crippen molar-refractivity contribution in [2.24, 2.45) is 5.92 Å². The molecule has 0 radical (unpaired) electrons. The van der Waals surface area contributed by atoms with E-state index in [9.17, 15) is 9.59 Å². The number of carboxylic acids is 1. The number of aromatic nitrogens is 2. The first-order valence-electron chi connectivity index (χ1n) is 7.98. The van der Waals surface area contributed by atoms with Gasteiger partial charge in [-0.05, 0) is 31.6 Å². The molecule has 0 aliphatic heterocycles. The molecule has 22 heavy (non-hydrogen) atoms. The van der Waals surface area contributed by atoms with Gasteiger partial charge >= 0.3 is 5.97 Å². The highest BCUT2D eigenvalue weighted by atomic mass is 16.5. The third kappa shape index (κ3) is 3.64. The monoisotopic (exact) mass is 307 g/mol. The molecule has 2 fully saturated rings. The van der Waals surface area contributed by atoms with Crippen LogP contribution in [0, 0.1) is 5.92 Å². The fourth-order valence-corrected chi connectivity index (χ4v) is 3.00. The van der Waals surface area contributed by atoms with Crippen LogP contribution in [0.5, 0.6) is 0 Å². The summed E-state index contributed by atoms with van der Waals surface area (Å²) in [5.74, 6) is 0.429. The lowest BCUT2D eigenvalue weighted by Crippen LogP contribution is -2.42. The lowest BCUT2D eigenvalue weighted by Gasteiger charge is -2.12. The third-order valence-corrected chi connectivity index (χ3v) is 4.45. The van der Waals surface area contributed by atoms with Gasteiger partial charge in [0, 0.05) is 18.8 Å². The van der Waals surface area contributed by atoms with Crippen LogP contribution < -0.4 is 5.32 Å². The summed E-state index contributed by atoms with van der Waals surface area (Å²) in [6.45, 7) is 0. The van der Waals surface area contributed by atoms with Crippen molar-refractivity contribution in [2.45, 2.75) is 63.3 Å². The standard InChI is InChI=1S/C15H21N3O4/c19-11(16-13(15(20)21)9-5-6-9)7-8-12-17-14(18-22-12)10-3-1-2-4-10/h9-10,13H,1-8H2,(H,16,19)(H,20,21). The molecule has 7 heteroatoms. The van der Waals surface area contributed by atoms with Crippen molar-refractivity contribution < 1.29 is 19.2 Å². The molecule has 2 saturated carbocycles. The Labute approximate surface area is 128 Å². The third-order valence-electron chi connectivity index (χ3n) is 4.45. The van der Waals surface area contributed by atoms with Gasteiger partial charge in [-0.1, -0.05) is 18.0 Å². The minimum Gasteiger partial charge on any atom is -0.480 e. The number of amides is 1. The molecule has 1 unspecified atom stereocenters. The van der Waals surface area contributed by atoms with Crippen LogP contribution in [0.2, 0.25) is 0 Å². The van der Waals surface area contributed by atoms with Crippen molar-refractivity contribution in [3.63, 3.8) is 0 Å². The Balaban J connectivity index is 1.47. The summed E-state index contributed by atoms with van der Waals surface area (Å²) in [6, 6.07) is -0.760. The van der Waals surface area contributed by atoms with Gasteiger partial charge in [0.15, 0.2) is 5.82 Å². The van der Waals surface area contributed by atoms with Crippen LogP contribution >= 0.6 is 0 Å². The van der Waals surface area contributed by atoms with Gasteiger partial charge in [-0.15, -0.1) is 0 Å². The molecule has 1 aromatic rings. The quantitative estimate of drug-likeness (QED) is 0.793. The number of hydrogen-bond acceptors (Lipinski definition) is 5. The summed E-state index contributed by atoms with van der Waals surface area (Å²) >= 11 is 0. The maximum absolute atomic E-state index is 11.9. The van der Waals surface area contributed by atoms with Crippen LogP contribution in [-0.4, -0.2) is 33.2 Å². The van der Waals surface area contributed by atoms with E-state index in [0.29, 0.717) is 18.2 Å². The first kappa shape index (κ1) is 15.0. The molecule has 3 rings (SSSR count). The molecular formula is C15H21N3O4. The largest absolute Gasteiger partial charge is 0.480 e. The van der Waals surface area contributed by atoms with Crippen LogP contribution in [0.4, 0.5) is 0 Å². The van der Waals surface area contributed by atoms with E-state index in [-0.39, 0.29) is 18.2 Å². The lowest BCUT2D eigenvalue weighted by molar-refractivity contribution is -0.142. The Morgan fingerprint density at radius 3 is 2.64 bits per heavy atom. The SMILES string of the molecule is O=C(CCc1nc(C2CCCC2)no1)NC(C(=O)O)C1CC1. The fraction of sp³-hybridized carbons (Fsp3) is 0.733. The minimum absolute atomic E-state index is 0.0822. The molecule has 1 atom stereocenters. The second kappa shape index (κ2) is 6.46. The zero-order chi connectivity index (χ0) is 15.5. The predicted molar refractivity (Wildman–Crippen MR) is 76.1 cm³/mol. The molecule has 1 heterocycles. The van der Waals surface area contributed by atoms with Gasteiger partial charge in [-0.25, -0.2) is 4.79 Å². The van der Waals surface area contributed by atoms with E-state index in [2.05, 4.69) is 15.5 Å². The Kier molecular flexibility index (Phi) is 4.40. The highest BCUT2D eigenvalue weighted by Crippen LogP contribution is 2.33. The molecule has 2 aliphatic carbocycles. The first-order valence-corrected chi connectivity index (χ1v) is 7.98. The van der Waals surface area contributed by atoms with Gasteiger partial charge in [-0.2, -0.15) is 4.98 Å². The Bertz CT molecular complexity index is 547. The van der Waals surface area contributed by atoms with Crippen molar-refractivity contribution in [3.8, 4) is 0 Å². The van der Waals surface area contributed by atoms with E-state index in [1.165, 1.54) is 12.8 Å². The molecule has 0 aromatic carbocycles. The van der Waals surface area contributed by atoms with Crippen LogP contribution in [-0.2, 0) is 16.0 Å². The average molecular weight is 307 g/mol. The smallest absolute Gasteiger partial charge is 0.326 e. The Morgan fingerprint density at radius 2 is 2.00 bits per heavy atom. The van der Waals surface area contributed by atoms with E-state index >= 15 is 0 Å². The first-order chi connectivity index (χ1) is 10.6. The molecule has 1 aromatic heterocycles. The summed E-state index contributed by atoms with van der Waals surface area (Å²) in [7, 11) is 0. The van der Waals surface area contributed by atoms with Crippen molar-refractivity contribution in [3.05, 3.63) is 11.7 Å². The molecule has 0 saturated heterocycles. The van der Waals surface area contributed by atoms with Crippen LogP contribution in [0.1, 0.15) is 62.6 Å². The lowest BCUT2D eigenvalue weighted by atomic mass is 10.1. The van der Waals surface area contributed by atoms with Crippen LogP contribution in [0.15, 0.2) is 4.52 Å². The minimum atomic E-state index is -0.961. The van der Waals surface area contributed by atoms with Gasteiger partial charge in [0.05, 0.1) is 0 Å². The molecule has 120 valence electrons. The number of carbonyl (C=O) groups excluding carboxylic acids is 1. The predicted octanol–water partition coefficient (Wildman–Crippen LogP) is 1.64. The number of hydrogen-bond donors (Lipinski definition) is 2. The second-order valence-corrected chi connectivity index (χ2v) is 6.25. The van der Waals surface area contributed by atoms with Crippen molar-refractivity contribution in [1.29, 1.82) is 0 Å². The molecule has 0 spiro atoms. The number of rotatable bonds is 7. The van der Waals surface area contributed by atoms with E-state index in [4.69, 9.17) is 9.63 Å². The molecule has 1 amide bonds. The molecule has 0 bridgehead atoms. The summed E-state index contributed by atoms with van der Waals surface area (Å²) in [4.78, 5) is 27.3. The number of nitrogens with one attached hydrogen (secondary N) is 1. The maximum Gasteiger partial charge on any atom is 0.326 e. The fourth-order valence-electron chi connectivity index (χ4n) is 3.00. The highest BCUT2D eigenvalue weighted by molar-refractivity contribution is 5.84. The molecule has 7 nitrogen and oxygen atoms in total. The van der Waals surface area contributed by atoms with E-state index in [0.717, 1.165) is 31.5 Å². The van der Waals surface area contributed by atoms with E-state index in [1.54, 1.807) is 0 Å². The maximum atomic E-state index is 11.9. The Morgan fingerprint density at radius 1 is 1.27 bits per heavy atom. The molecule has 2 N–H and O–H groups in total. The van der Waals surface area contributed by atoms with Gasteiger partial charge in [0.25, 0.3) is 0 Å². The molecular weight excluding hydrogens is 286 g/mol. The van der Waals surface area contributed by atoms with Crippen LogP contribution in [0.25, 0.3) is 0 Å². The second-order valence-electron chi connectivity index (χ2n) is 6.25. The number of aryl methyl sites for hydroxylation is 1. The Hall–Kier alpha value is -1.92. The van der Waals surface area contributed by atoms with Crippen molar-refractivity contribution >= 4 is 11.9 Å². The number of carbonyl (C=O) groups is 2. The van der Waals surface area contributed by atoms with Crippen molar-refractivity contribution in [2.75, 3.05) is 0 Å². The highest BCUT2D eigenvalue weighted by Gasteiger charge is 2.37. The van der Waals surface area contributed by atoms with Crippen LogP contribution in [0.3, 0.4) is 0 Å².